The van der Waals surface area contributed by atoms with Gasteiger partial charge in [0.2, 0.25) is 5.91 Å². The van der Waals surface area contributed by atoms with Gasteiger partial charge in [0, 0.05) is 0 Å². The van der Waals surface area contributed by atoms with Crippen LogP contribution in [-0.2, 0) is 4.79 Å². The van der Waals surface area contributed by atoms with E-state index in [1.165, 1.54) is 17.3 Å². The Morgan fingerprint density at radius 3 is 3.04 bits per heavy atom. The van der Waals surface area contributed by atoms with Gasteiger partial charge in [-0.3, -0.25) is 4.79 Å². The van der Waals surface area contributed by atoms with Crippen molar-refractivity contribution >= 4 is 28.7 Å². The van der Waals surface area contributed by atoms with E-state index in [1.807, 2.05) is 49.4 Å². The number of nitrogens with zero attached hydrogens (tertiary/aromatic N) is 1. The van der Waals surface area contributed by atoms with Crippen LogP contribution >= 0.6 is 11.8 Å². The number of benzene rings is 2. The van der Waals surface area contributed by atoms with Crippen LogP contribution in [0.3, 0.4) is 0 Å². The molecule has 0 saturated carbocycles. The average Bonchev–Trinajstić information content (AvgIpc) is 3.06. The summed E-state index contributed by atoms with van der Waals surface area (Å²) < 4.78 is 11.5. The average molecular weight is 369 g/mol. The molecule has 7 heteroatoms. The molecule has 0 saturated heterocycles. The van der Waals surface area contributed by atoms with E-state index in [-0.39, 0.29) is 12.0 Å². The summed E-state index contributed by atoms with van der Waals surface area (Å²) in [5, 5.41) is 3.63. The number of thioether (sulfide) groups is 1. The molecule has 3 aromatic rings. The molecule has 0 bridgehead atoms. The SMILES string of the molecule is Cc1ccc2nc(SCC(=O)NC[C@H]3COc4ccccc4O3)[nH]c2c1. The largest absolute Gasteiger partial charge is 0.486 e. The molecule has 0 unspecified atom stereocenters. The Kier molecular flexibility index (Phi) is 4.71. The lowest BCUT2D eigenvalue weighted by Gasteiger charge is -2.26. The van der Waals surface area contributed by atoms with Crippen molar-refractivity contribution in [2.75, 3.05) is 18.9 Å². The minimum absolute atomic E-state index is 0.0610. The third kappa shape index (κ3) is 3.77. The van der Waals surface area contributed by atoms with Crippen molar-refractivity contribution in [1.29, 1.82) is 0 Å². The molecule has 0 aliphatic carbocycles. The summed E-state index contributed by atoms with van der Waals surface area (Å²) in [6.07, 6.45) is -0.187. The number of aromatic nitrogens is 2. The number of carbonyl (C=O) groups excluding carboxylic acids is 1. The van der Waals surface area contributed by atoms with Gasteiger partial charge in [-0.15, -0.1) is 0 Å². The number of aryl methyl sites for hydroxylation is 1. The van der Waals surface area contributed by atoms with E-state index in [4.69, 9.17) is 9.47 Å². The third-order valence-electron chi connectivity index (χ3n) is 4.05. The summed E-state index contributed by atoms with van der Waals surface area (Å²) in [5.41, 5.74) is 3.07. The molecule has 26 heavy (non-hydrogen) atoms. The van der Waals surface area contributed by atoms with Gasteiger partial charge in [-0.25, -0.2) is 4.98 Å². The molecule has 6 nitrogen and oxygen atoms in total. The number of rotatable bonds is 5. The number of ether oxygens (including phenoxy) is 2. The Morgan fingerprint density at radius 2 is 2.15 bits per heavy atom. The van der Waals surface area contributed by atoms with E-state index < -0.39 is 0 Å². The molecular formula is C19H19N3O3S. The van der Waals surface area contributed by atoms with Crippen molar-refractivity contribution in [3.8, 4) is 11.5 Å². The first-order valence-corrected chi connectivity index (χ1v) is 9.40. The van der Waals surface area contributed by atoms with E-state index in [1.54, 1.807) is 0 Å². The fourth-order valence-corrected chi connectivity index (χ4v) is 3.46. The number of hydrogen-bond acceptors (Lipinski definition) is 5. The molecule has 1 aromatic heterocycles. The molecule has 1 amide bonds. The summed E-state index contributed by atoms with van der Waals surface area (Å²) in [6, 6.07) is 13.6. The number of carbonyl (C=O) groups is 1. The maximum Gasteiger partial charge on any atom is 0.230 e. The molecule has 2 heterocycles. The summed E-state index contributed by atoms with van der Waals surface area (Å²) >= 11 is 1.38. The predicted octanol–water partition coefficient (Wildman–Crippen LogP) is 2.92. The van der Waals surface area contributed by atoms with Crippen LogP contribution in [0, 0.1) is 6.92 Å². The number of imidazole rings is 1. The Bertz CT molecular complexity index is 941. The minimum atomic E-state index is -0.187. The second-order valence-corrected chi connectivity index (χ2v) is 7.12. The molecule has 0 spiro atoms. The number of aromatic amines is 1. The lowest BCUT2D eigenvalue weighted by atomic mass is 10.2. The highest BCUT2D eigenvalue weighted by atomic mass is 32.2. The monoisotopic (exact) mass is 369 g/mol. The number of nitrogens with one attached hydrogen (secondary N) is 2. The van der Waals surface area contributed by atoms with E-state index >= 15 is 0 Å². The van der Waals surface area contributed by atoms with Crippen molar-refractivity contribution in [2.24, 2.45) is 0 Å². The molecule has 4 rings (SSSR count). The number of amides is 1. The zero-order valence-corrected chi connectivity index (χ0v) is 15.1. The minimum Gasteiger partial charge on any atom is -0.486 e. The lowest BCUT2D eigenvalue weighted by Crippen LogP contribution is -2.41. The van der Waals surface area contributed by atoms with E-state index in [0.717, 1.165) is 21.9 Å². The van der Waals surface area contributed by atoms with Crippen molar-refractivity contribution in [1.82, 2.24) is 15.3 Å². The molecule has 1 aliphatic heterocycles. The molecule has 2 N–H and O–H groups in total. The highest BCUT2D eigenvalue weighted by molar-refractivity contribution is 7.99. The summed E-state index contributed by atoms with van der Waals surface area (Å²) in [7, 11) is 0. The third-order valence-corrected chi connectivity index (χ3v) is 4.92. The molecule has 0 radical (unpaired) electrons. The van der Waals surface area contributed by atoms with Gasteiger partial charge < -0.3 is 19.8 Å². The summed E-state index contributed by atoms with van der Waals surface area (Å²) in [6.45, 7) is 2.87. The highest BCUT2D eigenvalue weighted by Crippen LogP contribution is 2.30. The summed E-state index contributed by atoms with van der Waals surface area (Å²) in [4.78, 5) is 19.8. The first-order valence-electron chi connectivity index (χ1n) is 8.42. The zero-order valence-electron chi connectivity index (χ0n) is 14.3. The van der Waals surface area contributed by atoms with Gasteiger partial charge >= 0.3 is 0 Å². The highest BCUT2D eigenvalue weighted by Gasteiger charge is 2.21. The quantitative estimate of drug-likeness (QED) is 0.677. The molecular weight excluding hydrogens is 350 g/mol. The zero-order chi connectivity index (χ0) is 17.9. The van der Waals surface area contributed by atoms with Gasteiger partial charge in [0.05, 0.1) is 23.3 Å². The van der Waals surface area contributed by atoms with Gasteiger partial charge in [-0.05, 0) is 36.8 Å². The van der Waals surface area contributed by atoms with Gasteiger partial charge in [-0.2, -0.15) is 0 Å². The van der Waals surface area contributed by atoms with Crippen LogP contribution in [0.4, 0.5) is 0 Å². The number of hydrogen-bond donors (Lipinski definition) is 2. The van der Waals surface area contributed by atoms with Gasteiger partial charge in [0.15, 0.2) is 16.7 Å². The first kappa shape index (κ1) is 16.8. The van der Waals surface area contributed by atoms with Crippen LogP contribution in [0.25, 0.3) is 11.0 Å². The van der Waals surface area contributed by atoms with Crippen molar-refractivity contribution in [3.05, 3.63) is 48.0 Å². The molecule has 1 aliphatic rings. The van der Waals surface area contributed by atoms with Gasteiger partial charge in [-0.1, -0.05) is 30.0 Å². The second kappa shape index (κ2) is 7.29. The van der Waals surface area contributed by atoms with Crippen LogP contribution < -0.4 is 14.8 Å². The van der Waals surface area contributed by atoms with Gasteiger partial charge in [0.1, 0.15) is 12.7 Å². The standard InChI is InChI=1S/C19H19N3O3S/c1-12-6-7-14-15(8-12)22-19(21-14)26-11-18(23)20-9-13-10-24-16-4-2-3-5-17(16)25-13/h2-8,13H,9-11H2,1H3,(H,20,23)(H,21,22)/t13-/m0/s1. The fraction of sp³-hybridized carbons (Fsp3) is 0.263. The number of fused-ring (bicyclic) bond motifs is 2. The number of para-hydroxylation sites is 2. The van der Waals surface area contributed by atoms with E-state index in [9.17, 15) is 4.79 Å². The van der Waals surface area contributed by atoms with Crippen molar-refractivity contribution in [2.45, 2.75) is 18.2 Å². The lowest BCUT2D eigenvalue weighted by molar-refractivity contribution is -0.119. The second-order valence-electron chi connectivity index (χ2n) is 6.15. The Labute approximate surface area is 155 Å². The maximum absolute atomic E-state index is 12.1. The Balaban J connectivity index is 1.26. The van der Waals surface area contributed by atoms with Crippen molar-refractivity contribution in [3.63, 3.8) is 0 Å². The molecule has 134 valence electrons. The van der Waals surface area contributed by atoms with Crippen LogP contribution in [0.1, 0.15) is 5.56 Å². The van der Waals surface area contributed by atoms with E-state index in [2.05, 4.69) is 15.3 Å². The van der Waals surface area contributed by atoms with E-state index in [0.29, 0.717) is 24.7 Å². The van der Waals surface area contributed by atoms with Crippen molar-refractivity contribution < 1.29 is 14.3 Å². The Hall–Kier alpha value is -2.67. The van der Waals surface area contributed by atoms with Crippen LogP contribution in [0.15, 0.2) is 47.6 Å². The van der Waals surface area contributed by atoms with Crippen LogP contribution in [-0.4, -0.2) is 40.9 Å². The summed E-state index contributed by atoms with van der Waals surface area (Å²) in [5.74, 6) is 1.69. The fourth-order valence-electron chi connectivity index (χ4n) is 2.74. The van der Waals surface area contributed by atoms with Crippen LogP contribution in [0.5, 0.6) is 11.5 Å². The molecule has 2 aromatic carbocycles. The van der Waals surface area contributed by atoms with Crippen LogP contribution in [0.2, 0.25) is 0 Å². The Morgan fingerprint density at radius 1 is 1.31 bits per heavy atom. The topological polar surface area (TPSA) is 76.2 Å². The smallest absolute Gasteiger partial charge is 0.230 e. The predicted molar refractivity (Wildman–Crippen MR) is 101 cm³/mol. The molecule has 0 fully saturated rings. The first-order chi connectivity index (χ1) is 12.7. The normalized spacial score (nSPS) is 15.8. The van der Waals surface area contributed by atoms with Gasteiger partial charge in [0.25, 0.3) is 0 Å². The number of H-pyrrole nitrogens is 1. The molecule has 1 atom stereocenters. The maximum atomic E-state index is 12.1.